The molecule has 3 aliphatic rings. The van der Waals surface area contributed by atoms with E-state index in [2.05, 4.69) is 46.9 Å². The predicted molar refractivity (Wildman–Crippen MR) is 251 cm³/mol. The number of carbonyl (C=O) groups excluding carboxylic acids is 3. The van der Waals surface area contributed by atoms with E-state index >= 15 is 0 Å². The van der Waals surface area contributed by atoms with E-state index in [1.165, 1.54) is 30.6 Å². The summed E-state index contributed by atoms with van der Waals surface area (Å²) in [5.74, 6) is -1.97. The van der Waals surface area contributed by atoms with Crippen LogP contribution >= 0.6 is 35.3 Å². The van der Waals surface area contributed by atoms with Crippen molar-refractivity contribution in [1.29, 1.82) is 0 Å². The summed E-state index contributed by atoms with van der Waals surface area (Å²) >= 11 is 4.46. The van der Waals surface area contributed by atoms with Gasteiger partial charge in [-0.15, -0.1) is 23.5 Å². The maximum absolute atomic E-state index is 14.2. The van der Waals surface area contributed by atoms with Gasteiger partial charge in [-0.05, 0) is 33.9 Å². The van der Waals surface area contributed by atoms with Crippen molar-refractivity contribution in [3.05, 3.63) is 202 Å². The number of ether oxygens (including phenoxy) is 2. The molecule has 8 rings (SSSR count). The number of benzene rings is 5. The largest absolute Gasteiger partial charge is 0.448 e. The van der Waals surface area contributed by atoms with Gasteiger partial charge in [0, 0.05) is 32.1 Å². The van der Waals surface area contributed by atoms with E-state index in [9.17, 15) is 14.4 Å². The van der Waals surface area contributed by atoms with E-state index in [4.69, 9.17) is 20.0 Å². The Morgan fingerprint density at radius 3 is 1.81 bits per heavy atom. The smallest absolute Gasteiger partial charge is 0.355 e. The first kappa shape index (κ1) is 43.9. The van der Waals surface area contributed by atoms with E-state index in [1.54, 1.807) is 36.6 Å². The Labute approximate surface area is 380 Å². The highest BCUT2D eigenvalue weighted by Crippen LogP contribution is 2.46. The van der Waals surface area contributed by atoms with Crippen LogP contribution in [0.5, 0.6) is 0 Å². The fraction of sp³-hybridized carbons (Fsp3) is 0.224. The normalized spacial score (nSPS) is 18.9. The van der Waals surface area contributed by atoms with Crippen molar-refractivity contribution < 1.29 is 28.7 Å². The van der Waals surface area contributed by atoms with Crippen LogP contribution in [0.2, 0.25) is 0 Å². The van der Waals surface area contributed by atoms with Crippen molar-refractivity contribution in [1.82, 2.24) is 15.1 Å². The molecule has 5 aromatic carbocycles. The molecule has 0 radical (unpaired) electrons. The number of β-lactam (4-membered cyclic amide) rings is 1. The predicted octanol–water partition coefficient (Wildman–Crippen LogP) is 8.17. The van der Waals surface area contributed by atoms with E-state index in [0.717, 1.165) is 27.8 Å². The summed E-state index contributed by atoms with van der Waals surface area (Å²) in [6.45, 7) is 3.35. The van der Waals surface area contributed by atoms with Crippen LogP contribution in [0.1, 0.15) is 47.8 Å². The van der Waals surface area contributed by atoms with E-state index in [-0.39, 0.29) is 28.6 Å². The number of carbonyl (C=O) groups is 3. The third-order valence-electron chi connectivity index (χ3n) is 11.0. The maximum atomic E-state index is 14.2. The van der Waals surface area contributed by atoms with E-state index < -0.39 is 40.1 Å². The summed E-state index contributed by atoms with van der Waals surface area (Å²) < 4.78 is 11.6. The van der Waals surface area contributed by atoms with Gasteiger partial charge in [0.15, 0.2) is 11.8 Å². The van der Waals surface area contributed by atoms with Crippen LogP contribution in [0.3, 0.4) is 0 Å². The molecule has 0 bridgehead atoms. The summed E-state index contributed by atoms with van der Waals surface area (Å²) in [5, 5.41) is 9.27. The molecule has 0 spiro atoms. The lowest BCUT2D eigenvalue weighted by Gasteiger charge is -2.49. The Balaban J connectivity index is 1.09. The fourth-order valence-electron chi connectivity index (χ4n) is 7.67. The van der Waals surface area contributed by atoms with Crippen molar-refractivity contribution >= 4 is 58.8 Å². The highest BCUT2D eigenvalue weighted by atomic mass is 32.2. The second kappa shape index (κ2) is 19.3. The molecule has 0 saturated carbocycles. The molecule has 5 aromatic rings. The van der Waals surface area contributed by atoms with Gasteiger partial charge in [0.1, 0.15) is 21.8 Å². The molecular weight excluding hydrogens is 851 g/mol. The van der Waals surface area contributed by atoms with Crippen LogP contribution in [-0.2, 0) is 34.2 Å². The lowest BCUT2D eigenvalue weighted by Crippen LogP contribution is -2.63. The van der Waals surface area contributed by atoms with Gasteiger partial charge < -0.3 is 24.9 Å². The number of hydrogen-bond acceptors (Lipinski definition) is 12. The Morgan fingerprint density at radius 2 is 1.32 bits per heavy atom. The molecule has 0 aliphatic carbocycles. The molecule has 0 aromatic heterocycles. The van der Waals surface area contributed by atoms with Crippen LogP contribution in [0.25, 0.3) is 0 Å². The van der Waals surface area contributed by atoms with Crippen molar-refractivity contribution in [2.24, 2.45) is 10.9 Å². The highest BCUT2D eigenvalue weighted by molar-refractivity contribution is 8.05. The van der Waals surface area contributed by atoms with Crippen LogP contribution in [0.4, 0.5) is 0 Å². The van der Waals surface area contributed by atoms with Gasteiger partial charge >= 0.3 is 5.97 Å². The molecule has 1 saturated heterocycles. The lowest BCUT2D eigenvalue weighted by molar-refractivity contribution is -0.197. The minimum atomic E-state index is -1.15. The first-order valence-electron chi connectivity index (χ1n) is 20.4. The molecule has 3 N–H and O–H groups in total. The molecule has 2 amide bonds. The fourth-order valence-corrected chi connectivity index (χ4v) is 11.6. The topological polar surface area (TPSA) is 136 Å². The summed E-state index contributed by atoms with van der Waals surface area (Å²) in [6.07, 6.45) is 1.10. The number of primary amides is 1. The van der Waals surface area contributed by atoms with Gasteiger partial charge in [0.2, 0.25) is 11.7 Å². The molecule has 3 aliphatic heterocycles. The van der Waals surface area contributed by atoms with Crippen LogP contribution in [0.15, 0.2) is 180 Å². The number of rotatable bonds is 17. The Morgan fingerprint density at radius 1 is 0.810 bits per heavy atom. The summed E-state index contributed by atoms with van der Waals surface area (Å²) in [6, 6.07) is 49.8. The standard InChI is InChI=1S/C49H47N5O6S3/c1-48(2,58-3)60-52-40(43(50)55)39-31-62-47(51-49(35-23-13-6-14-24-35,36-25-15-7-16-26-36)37-27-17-8-18-28-37)53(39)32-63-42-44(56)54-38(29-30-61-45(42)54)46(57)59-41(33-19-9-4-10-20-33)34-21-11-5-12-22-34/h4-29,31,41-42,45,47,51H,30,32H2,1-3H3,(H2,50,55)/t42?,45-,47?/m0/s1. The molecular formula is C49H47N5O6S3. The van der Waals surface area contributed by atoms with Crippen molar-refractivity contribution in [3.8, 4) is 0 Å². The molecule has 11 nitrogen and oxygen atoms in total. The monoisotopic (exact) mass is 897 g/mol. The molecule has 322 valence electrons. The summed E-state index contributed by atoms with van der Waals surface area (Å²) in [7, 11) is 1.48. The SMILES string of the molecule is COC(C)(C)ON=C(C(N)=O)C1=CSC(NC(c2ccccc2)(c2ccccc2)c2ccccc2)N1CSC1C(=O)N2C(C(=O)OC(c3ccccc3)c3ccccc3)=CCS[C@@H]12. The highest BCUT2D eigenvalue weighted by Gasteiger charge is 2.53. The van der Waals surface area contributed by atoms with Gasteiger partial charge in [0.25, 0.3) is 5.91 Å². The van der Waals surface area contributed by atoms with Crippen molar-refractivity contribution in [2.45, 2.75) is 47.4 Å². The molecule has 63 heavy (non-hydrogen) atoms. The third-order valence-corrected chi connectivity index (χ3v) is 14.6. The van der Waals surface area contributed by atoms with Gasteiger partial charge in [-0.25, -0.2) is 4.79 Å². The number of thioether (sulfide) groups is 3. The summed E-state index contributed by atoms with van der Waals surface area (Å²) in [5.41, 5.74) is 9.82. The molecule has 3 atom stereocenters. The maximum Gasteiger partial charge on any atom is 0.355 e. The number of nitrogens with zero attached hydrogens (tertiary/aromatic N) is 3. The van der Waals surface area contributed by atoms with Gasteiger partial charge in [0.05, 0.1) is 17.1 Å². The number of fused-ring (bicyclic) bond motifs is 1. The number of nitrogens with one attached hydrogen (secondary N) is 1. The number of hydrogen-bond donors (Lipinski definition) is 2. The second-order valence-corrected chi connectivity index (χ2v) is 18.5. The van der Waals surface area contributed by atoms with Crippen LogP contribution < -0.4 is 11.1 Å². The average molecular weight is 898 g/mol. The zero-order valence-electron chi connectivity index (χ0n) is 34.9. The molecule has 14 heteroatoms. The second-order valence-electron chi connectivity index (χ2n) is 15.3. The Bertz CT molecular complexity index is 2360. The first-order valence-corrected chi connectivity index (χ1v) is 23.4. The molecule has 1 fully saturated rings. The van der Waals surface area contributed by atoms with Crippen molar-refractivity contribution in [2.75, 3.05) is 18.7 Å². The van der Waals surface area contributed by atoms with Crippen LogP contribution in [0, 0.1) is 0 Å². The Hall–Kier alpha value is -5.77. The third kappa shape index (κ3) is 9.18. The zero-order valence-corrected chi connectivity index (χ0v) is 37.4. The number of esters is 1. The number of nitrogens with two attached hydrogens (primary N) is 1. The van der Waals surface area contributed by atoms with Crippen LogP contribution in [-0.4, -0.2) is 73.9 Å². The molecule has 3 heterocycles. The number of methoxy groups -OCH3 is 1. The zero-order chi connectivity index (χ0) is 44.0. The van der Waals surface area contributed by atoms with Gasteiger partial charge in [-0.1, -0.05) is 169 Å². The van der Waals surface area contributed by atoms with E-state index in [1.807, 2.05) is 126 Å². The lowest BCUT2D eigenvalue weighted by atomic mass is 9.77. The Kier molecular flexibility index (Phi) is 13.4. The minimum Gasteiger partial charge on any atom is -0.448 e. The van der Waals surface area contributed by atoms with Crippen molar-refractivity contribution in [3.63, 3.8) is 0 Å². The molecule has 2 unspecified atom stereocenters. The average Bonchev–Trinajstić information content (AvgIpc) is 3.71. The minimum absolute atomic E-state index is 0.102. The number of amides is 2. The van der Waals surface area contributed by atoms with Gasteiger partial charge in [-0.2, -0.15) is 0 Å². The first-order chi connectivity index (χ1) is 30.6. The quantitative estimate of drug-likeness (QED) is 0.0234. The number of oxime groups is 1. The van der Waals surface area contributed by atoms with Gasteiger partial charge in [-0.3, -0.25) is 19.8 Å². The van der Waals surface area contributed by atoms with E-state index in [0.29, 0.717) is 11.4 Å². The summed E-state index contributed by atoms with van der Waals surface area (Å²) in [4.78, 5) is 50.8.